The molecule has 0 aromatic rings. The highest BCUT2D eigenvalue weighted by molar-refractivity contribution is 5.79. The fourth-order valence-corrected chi connectivity index (χ4v) is 4.12. The van der Waals surface area contributed by atoms with Gasteiger partial charge in [0.15, 0.2) is 0 Å². The molecule has 4 atom stereocenters. The van der Waals surface area contributed by atoms with Crippen molar-refractivity contribution >= 4 is 5.91 Å². The van der Waals surface area contributed by atoms with Crippen LogP contribution < -0.4 is 11.1 Å². The third-order valence-electron chi connectivity index (χ3n) is 5.51. The zero-order valence-corrected chi connectivity index (χ0v) is 13.8. The zero-order chi connectivity index (χ0) is 15.2. The lowest BCUT2D eigenvalue weighted by Crippen LogP contribution is -2.46. The predicted molar refractivity (Wildman–Crippen MR) is 87.0 cm³/mol. The summed E-state index contributed by atoms with van der Waals surface area (Å²) in [6.07, 6.45) is 10.1. The number of likely N-dealkylation sites (tertiary alicyclic amines) is 1. The second kappa shape index (κ2) is 8.14. The highest BCUT2D eigenvalue weighted by Crippen LogP contribution is 2.25. The minimum Gasteiger partial charge on any atom is -0.368 e. The monoisotopic (exact) mass is 295 g/mol. The summed E-state index contributed by atoms with van der Waals surface area (Å²) in [4.78, 5) is 14.0. The van der Waals surface area contributed by atoms with Crippen LogP contribution in [0.25, 0.3) is 0 Å². The van der Waals surface area contributed by atoms with Gasteiger partial charge in [0.05, 0.1) is 6.04 Å². The number of unbranched alkanes of at least 4 members (excludes halogenated alkanes) is 1. The zero-order valence-electron chi connectivity index (χ0n) is 13.8. The topological polar surface area (TPSA) is 58.4 Å². The molecule has 2 aliphatic heterocycles. The Balaban J connectivity index is 1.64. The van der Waals surface area contributed by atoms with Gasteiger partial charge >= 0.3 is 0 Å². The van der Waals surface area contributed by atoms with E-state index in [0.29, 0.717) is 5.92 Å². The first-order valence-electron chi connectivity index (χ1n) is 8.86. The van der Waals surface area contributed by atoms with E-state index in [1.54, 1.807) is 0 Å². The normalized spacial score (nSPS) is 34.8. The van der Waals surface area contributed by atoms with Gasteiger partial charge in [0, 0.05) is 12.1 Å². The lowest BCUT2D eigenvalue weighted by atomic mass is 9.88. The summed E-state index contributed by atoms with van der Waals surface area (Å²) in [5.74, 6) is 0.496. The van der Waals surface area contributed by atoms with Gasteiger partial charge in [-0.15, -0.1) is 0 Å². The molecule has 21 heavy (non-hydrogen) atoms. The van der Waals surface area contributed by atoms with Crippen LogP contribution in [0.5, 0.6) is 0 Å². The predicted octanol–water partition coefficient (Wildman–Crippen LogP) is 2.27. The van der Waals surface area contributed by atoms with Crippen molar-refractivity contribution in [2.75, 3.05) is 13.1 Å². The molecular weight excluding hydrogens is 262 g/mol. The van der Waals surface area contributed by atoms with E-state index in [9.17, 15) is 4.79 Å². The van der Waals surface area contributed by atoms with E-state index < -0.39 is 0 Å². The molecule has 2 unspecified atom stereocenters. The van der Waals surface area contributed by atoms with Crippen LogP contribution in [0.15, 0.2) is 0 Å². The van der Waals surface area contributed by atoms with Gasteiger partial charge in [-0.3, -0.25) is 9.69 Å². The average Bonchev–Trinajstić information content (AvgIpc) is 2.46. The Morgan fingerprint density at radius 2 is 1.90 bits per heavy atom. The number of nitrogens with one attached hydrogen (secondary N) is 1. The molecule has 2 saturated heterocycles. The van der Waals surface area contributed by atoms with Gasteiger partial charge in [0.1, 0.15) is 0 Å². The minimum absolute atomic E-state index is 0.0918. The molecule has 2 rings (SSSR count). The number of nitrogens with zero attached hydrogens (tertiary/aromatic N) is 1. The number of carbonyl (C=O) groups is 1. The van der Waals surface area contributed by atoms with Crippen LogP contribution in [0.1, 0.15) is 65.2 Å². The molecule has 0 bridgehead atoms. The standard InChI is InChI=1S/C17H33N3O/c1-13-6-5-7-14(2)20(13)11-4-3-8-15-9-10-19-16(12-15)17(18)21/h13-16,19H,3-12H2,1-2H3,(H2,18,21)/t13-,14+,15?,16?. The number of hydrogen-bond acceptors (Lipinski definition) is 3. The highest BCUT2D eigenvalue weighted by Gasteiger charge is 2.26. The first-order valence-corrected chi connectivity index (χ1v) is 8.86. The average molecular weight is 295 g/mol. The number of primary amides is 1. The van der Waals surface area contributed by atoms with Crippen molar-refractivity contribution in [3.8, 4) is 0 Å². The van der Waals surface area contributed by atoms with Crippen LogP contribution in [-0.4, -0.2) is 42.0 Å². The number of rotatable bonds is 6. The number of amides is 1. The number of hydrogen-bond donors (Lipinski definition) is 2. The second-order valence-corrected chi connectivity index (χ2v) is 7.16. The van der Waals surface area contributed by atoms with Crippen LogP contribution in [0.3, 0.4) is 0 Å². The maximum absolute atomic E-state index is 11.3. The first-order chi connectivity index (χ1) is 10.1. The van der Waals surface area contributed by atoms with Gasteiger partial charge in [0.2, 0.25) is 5.91 Å². The van der Waals surface area contributed by atoms with Crippen LogP contribution in [-0.2, 0) is 4.79 Å². The summed E-state index contributed by atoms with van der Waals surface area (Å²) in [5, 5.41) is 3.22. The maximum atomic E-state index is 11.3. The van der Waals surface area contributed by atoms with Gasteiger partial charge in [-0.25, -0.2) is 0 Å². The third kappa shape index (κ3) is 4.96. The summed E-state index contributed by atoms with van der Waals surface area (Å²) in [6.45, 7) is 6.94. The lowest BCUT2D eigenvalue weighted by Gasteiger charge is -2.39. The van der Waals surface area contributed by atoms with Crippen molar-refractivity contribution in [1.82, 2.24) is 10.2 Å². The van der Waals surface area contributed by atoms with Crippen molar-refractivity contribution in [3.05, 3.63) is 0 Å². The molecule has 3 N–H and O–H groups in total. The van der Waals surface area contributed by atoms with Gasteiger partial charge in [-0.2, -0.15) is 0 Å². The largest absolute Gasteiger partial charge is 0.368 e. The summed E-state index contributed by atoms with van der Waals surface area (Å²) in [5.41, 5.74) is 5.40. The van der Waals surface area contributed by atoms with E-state index in [1.165, 1.54) is 51.5 Å². The molecule has 0 spiro atoms. The van der Waals surface area contributed by atoms with E-state index >= 15 is 0 Å². The smallest absolute Gasteiger partial charge is 0.234 e. The lowest BCUT2D eigenvalue weighted by molar-refractivity contribution is -0.120. The van der Waals surface area contributed by atoms with Crippen molar-refractivity contribution in [2.45, 2.75) is 83.3 Å². The van der Waals surface area contributed by atoms with Crippen LogP contribution in [0, 0.1) is 5.92 Å². The molecule has 4 nitrogen and oxygen atoms in total. The Hall–Kier alpha value is -0.610. The van der Waals surface area contributed by atoms with E-state index in [2.05, 4.69) is 24.1 Å². The molecule has 122 valence electrons. The van der Waals surface area contributed by atoms with Gasteiger partial charge in [-0.1, -0.05) is 19.3 Å². The fourth-order valence-electron chi connectivity index (χ4n) is 4.12. The first kappa shape index (κ1) is 16.8. The van der Waals surface area contributed by atoms with Crippen molar-refractivity contribution in [3.63, 3.8) is 0 Å². The van der Waals surface area contributed by atoms with Crippen molar-refractivity contribution in [1.29, 1.82) is 0 Å². The molecule has 0 aromatic carbocycles. The third-order valence-corrected chi connectivity index (χ3v) is 5.51. The fraction of sp³-hybridized carbons (Fsp3) is 0.941. The van der Waals surface area contributed by atoms with Crippen LogP contribution in [0.4, 0.5) is 0 Å². The Kier molecular flexibility index (Phi) is 6.49. The Labute approximate surface area is 129 Å². The van der Waals surface area contributed by atoms with E-state index in [0.717, 1.165) is 25.0 Å². The summed E-state index contributed by atoms with van der Waals surface area (Å²) < 4.78 is 0. The van der Waals surface area contributed by atoms with E-state index in [1.807, 2.05) is 0 Å². The number of piperidine rings is 2. The summed E-state index contributed by atoms with van der Waals surface area (Å²) in [6, 6.07) is 1.42. The summed E-state index contributed by atoms with van der Waals surface area (Å²) in [7, 11) is 0. The van der Waals surface area contributed by atoms with Gasteiger partial charge in [0.25, 0.3) is 0 Å². The molecule has 1 amide bonds. The molecule has 0 saturated carbocycles. The summed E-state index contributed by atoms with van der Waals surface area (Å²) >= 11 is 0. The molecule has 0 radical (unpaired) electrons. The molecule has 0 aromatic heterocycles. The van der Waals surface area contributed by atoms with Crippen LogP contribution >= 0.6 is 0 Å². The number of nitrogens with two attached hydrogens (primary N) is 1. The van der Waals surface area contributed by atoms with Crippen LogP contribution in [0.2, 0.25) is 0 Å². The van der Waals surface area contributed by atoms with Crippen molar-refractivity contribution in [2.24, 2.45) is 11.7 Å². The van der Waals surface area contributed by atoms with Crippen molar-refractivity contribution < 1.29 is 4.79 Å². The van der Waals surface area contributed by atoms with E-state index in [4.69, 9.17) is 5.73 Å². The van der Waals surface area contributed by atoms with E-state index in [-0.39, 0.29) is 11.9 Å². The maximum Gasteiger partial charge on any atom is 0.234 e. The number of carbonyl (C=O) groups excluding carboxylic acids is 1. The molecule has 0 aliphatic carbocycles. The van der Waals surface area contributed by atoms with Gasteiger partial charge in [-0.05, 0) is 65.0 Å². The molecule has 4 heteroatoms. The molecule has 2 aliphatic rings. The SMILES string of the molecule is C[C@@H]1CCC[C@H](C)N1CCCCC1CCNC(C(N)=O)C1. The molecule has 2 heterocycles. The minimum atomic E-state index is -0.185. The quantitative estimate of drug-likeness (QED) is 0.739. The molecule has 2 fully saturated rings. The Morgan fingerprint density at radius 3 is 2.57 bits per heavy atom. The van der Waals surface area contributed by atoms with Gasteiger partial charge < -0.3 is 11.1 Å². The highest BCUT2D eigenvalue weighted by atomic mass is 16.1. The second-order valence-electron chi connectivity index (χ2n) is 7.16. The molecular formula is C17H33N3O. The Morgan fingerprint density at radius 1 is 1.19 bits per heavy atom. The Bertz CT molecular complexity index is 324.